The molecule has 0 N–H and O–H groups in total. The van der Waals surface area contributed by atoms with Crippen LogP contribution in [0.5, 0.6) is 0 Å². The number of hydrogen-bond acceptors (Lipinski definition) is 3. The topological polar surface area (TPSA) is 52.2 Å². The Morgan fingerprint density at radius 3 is 2.50 bits per heavy atom. The number of hydrogen-bond donors (Lipinski definition) is 0. The summed E-state index contributed by atoms with van der Waals surface area (Å²) in [4.78, 5) is 26.6. The van der Waals surface area contributed by atoms with E-state index in [-0.39, 0.29) is 22.6 Å². The number of nitrogens with zero attached hydrogens (tertiary/aromatic N) is 1. The number of para-hydroxylation sites is 2. The zero-order valence-corrected chi connectivity index (χ0v) is 21.9. The van der Waals surface area contributed by atoms with Crippen LogP contribution in [-0.2, 0) is 5.41 Å². The molecule has 0 atom stereocenters. The van der Waals surface area contributed by atoms with Crippen LogP contribution in [0.2, 0.25) is 0 Å². The average Bonchev–Trinajstić information content (AvgIpc) is 3.63. The van der Waals surface area contributed by atoms with E-state index in [1.165, 1.54) is 19.7 Å². The molecule has 0 saturated carbocycles. The first-order chi connectivity index (χ1) is 17.4. The van der Waals surface area contributed by atoms with Crippen molar-refractivity contribution >= 4 is 68.7 Å². The second-order valence-corrected chi connectivity index (χ2v) is 12.8. The Balaban J connectivity index is 1.35. The second kappa shape index (κ2) is 6.76. The van der Waals surface area contributed by atoms with E-state index in [0.29, 0.717) is 16.9 Å². The quantitative estimate of drug-likeness (QED) is 0.124. The van der Waals surface area contributed by atoms with Crippen molar-refractivity contribution in [3.63, 3.8) is 0 Å². The molecule has 36 heavy (non-hydrogen) atoms. The molecule has 0 radical (unpaired) electrons. The SMILES string of the molecule is CC1(C)c2cc(/C=C3/C(=O)c4cc5cc[te]c5cc4C3=O)oc2-n2c3ccccc3c3cccc1c32. The minimum absolute atomic E-state index is 0.183. The predicted molar refractivity (Wildman–Crippen MR) is 143 cm³/mol. The normalized spacial score (nSPS) is 17.0. The number of aromatic nitrogens is 1. The molecule has 4 nitrogen and oxygen atoms in total. The molecule has 8 rings (SSSR count). The third kappa shape index (κ3) is 2.45. The van der Waals surface area contributed by atoms with Gasteiger partial charge in [-0.25, -0.2) is 0 Å². The van der Waals surface area contributed by atoms with Crippen molar-refractivity contribution in [3.8, 4) is 5.88 Å². The summed E-state index contributed by atoms with van der Waals surface area (Å²) in [5.41, 5.74) is 5.42. The number of allylic oxidation sites excluding steroid dienone is 1. The van der Waals surface area contributed by atoms with Crippen LogP contribution >= 0.6 is 0 Å². The van der Waals surface area contributed by atoms with Crippen molar-refractivity contribution < 1.29 is 14.0 Å². The molecule has 0 fully saturated rings. The minimum atomic E-state index is -0.413. The van der Waals surface area contributed by atoms with Crippen molar-refractivity contribution in [2.75, 3.05) is 0 Å². The number of benzene rings is 3. The van der Waals surface area contributed by atoms with E-state index >= 15 is 0 Å². The van der Waals surface area contributed by atoms with Crippen LogP contribution in [0, 0.1) is 0 Å². The van der Waals surface area contributed by atoms with Crippen molar-refractivity contribution in [2.24, 2.45) is 0 Å². The molecule has 5 heteroatoms. The number of ketones is 2. The van der Waals surface area contributed by atoms with Gasteiger partial charge in [-0.2, -0.15) is 0 Å². The van der Waals surface area contributed by atoms with Crippen molar-refractivity contribution in [1.82, 2.24) is 4.57 Å². The summed E-state index contributed by atoms with van der Waals surface area (Å²) in [6.45, 7) is 4.41. The Bertz CT molecular complexity index is 1960. The molecule has 6 aromatic rings. The number of carbonyl (C=O) groups excluding carboxylic acids is 2. The fourth-order valence-electron chi connectivity index (χ4n) is 6.02. The number of fused-ring (bicyclic) bond motifs is 7. The molecule has 2 aliphatic rings. The molecule has 0 bridgehead atoms. The van der Waals surface area contributed by atoms with Crippen LogP contribution in [0.15, 0.2) is 80.8 Å². The third-order valence-corrected chi connectivity index (χ3v) is 10.3. The summed E-state index contributed by atoms with van der Waals surface area (Å²) < 4.78 is 12.1. The van der Waals surface area contributed by atoms with Gasteiger partial charge in [-0.1, -0.05) is 30.3 Å². The second-order valence-electron chi connectivity index (χ2n) is 10.1. The van der Waals surface area contributed by atoms with Gasteiger partial charge in [0.1, 0.15) is 0 Å². The van der Waals surface area contributed by atoms with E-state index in [2.05, 4.69) is 65.0 Å². The molecule has 3 aromatic heterocycles. The van der Waals surface area contributed by atoms with E-state index in [9.17, 15) is 9.59 Å². The molecule has 0 unspecified atom stereocenters. The summed E-state index contributed by atoms with van der Waals surface area (Å²) in [5.74, 6) is 0.853. The molecule has 1 aliphatic carbocycles. The first-order valence-electron chi connectivity index (χ1n) is 11.9. The summed E-state index contributed by atoms with van der Waals surface area (Å²) in [6.07, 6.45) is 1.64. The van der Waals surface area contributed by atoms with E-state index < -0.39 is 20.4 Å². The zero-order chi connectivity index (χ0) is 24.3. The van der Waals surface area contributed by atoms with E-state index in [1.54, 1.807) is 6.08 Å². The van der Waals surface area contributed by atoms with Crippen LogP contribution in [0.1, 0.15) is 51.5 Å². The molecule has 0 amide bonds. The van der Waals surface area contributed by atoms with Gasteiger partial charge in [-0.05, 0) is 0 Å². The monoisotopic (exact) mass is 583 g/mol. The Hall–Kier alpha value is -3.65. The van der Waals surface area contributed by atoms with E-state index in [0.717, 1.165) is 27.9 Å². The molecule has 1 aliphatic heterocycles. The number of carbonyl (C=O) groups is 2. The van der Waals surface area contributed by atoms with Gasteiger partial charge in [0.2, 0.25) is 0 Å². The van der Waals surface area contributed by atoms with Crippen LogP contribution in [0.4, 0.5) is 0 Å². The molecule has 172 valence electrons. The van der Waals surface area contributed by atoms with Crippen LogP contribution < -0.4 is 0 Å². The number of rotatable bonds is 1. The average molecular weight is 581 g/mol. The maximum absolute atomic E-state index is 13.3. The Morgan fingerprint density at radius 2 is 1.64 bits per heavy atom. The fraction of sp³-hybridized carbons (Fsp3) is 0.0968. The number of Topliss-reactive ketones (excluding diaryl/α,β-unsaturated/α-hetero) is 2. The van der Waals surface area contributed by atoms with Gasteiger partial charge in [0.25, 0.3) is 0 Å². The van der Waals surface area contributed by atoms with Gasteiger partial charge in [0.05, 0.1) is 0 Å². The summed E-state index contributed by atoms with van der Waals surface area (Å²) in [6, 6.07) is 22.7. The summed E-state index contributed by atoms with van der Waals surface area (Å²) in [5, 5.41) is 3.45. The van der Waals surface area contributed by atoms with Crippen molar-refractivity contribution in [2.45, 2.75) is 19.3 Å². The van der Waals surface area contributed by atoms with Gasteiger partial charge in [0, 0.05) is 0 Å². The molecule has 0 saturated heterocycles. The first kappa shape index (κ1) is 20.5. The van der Waals surface area contributed by atoms with Crippen LogP contribution in [0.25, 0.3) is 42.6 Å². The molecular weight excluding hydrogens is 562 g/mol. The number of furan rings is 1. The summed E-state index contributed by atoms with van der Waals surface area (Å²) in [7, 11) is 0. The predicted octanol–water partition coefficient (Wildman–Crippen LogP) is 6.69. The zero-order valence-electron chi connectivity index (χ0n) is 19.6. The van der Waals surface area contributed by atoms with Gasteiger partial charge >= 0.3 is 186 Å². The van der Waals surface area contributed by atoms with Crippen molar-refractivity contribution in [3.05, 3.63) is 104 Å². The van der Waals surface area contributed by atoms with Gasteiger partial charge in [-0.3, -0.25) is 0 Å². The van der Waals surface area contributed by atoms with Crippen LogP contribution in [0.3, 0.4) is 0 Å². The van der Waals surface area contributed by atoms with Gasteiger partial charge < -0.3 is 0 Å². The first-order valence-corrected chi connectivity index (χ1v) is 14.4. The molecule has 3 aromatic carbocycles. The van der Waals surface area contributed by atoms with E-state index in [4.69, 9.17) is 4.42 Å². The van der Waals surface area contributed by atoms with Crippen molar-refractivity contribution in [1.29, 1.82) is 0 Å². The Morgan fingerprint density at radius 1 is 0.861 bits per heavy atom. The van der Waals surface area contributed by atoms with Gasteiger partial charge in [-0.15, -0.1) is 0 Å². The molecule has 4 heterocycles. The maximum atomic E-state index is 13.3. The van der Waals surface area contributed by atoms with Gasteiger partial charge in [0.15, 0.2) is 0 Å². The summed E-state index contributed by atoms with van der Waals surface area (Å²) >= 11 is -0.413. The third-order valence-electron chi connectivity index (χ3n) is 7.83. The van der Waals surface area contributed by atoms with Crippen LogP contribution in [-0.4, -0.2) is 36.6 Å². The van der Waals surface area contributed by atoms with E-state index in [1.807, 2.05) is 24.3 Å². The molecule has 0 spiro atoms. The standard InChI is InChI=1S/C31H19NO3Te/c1-31(2)23-8-5-7-19-18-6-3-4-9-25(18)32(27(19)23)30-24(31)14-17(35-30)13-22-28(33)20-12-16-10-11-36-26(16)15-21(20)29(22)34/h3-15H,1-2H3/b22-13-. The Kier molecular flexibility index (Phi) is 3.86. The molecular formula is C31H19NO3Te. The Labute approximate surface area is 216 Å². The fourth-order valence-corrected chi connectivity index (χ4v) is 8.33.